The molecule has 1 N–H and O–H groups in total. The number of carbonyl (C=O) groups is 2. The van der Waals surface area contributed by atoms with Crippen LogP contribution in [0.5, 0.6) is 0 Å². The quantitative estimate of drug-likeness (QED) is 0.906. The maximum atomic E-state index is 11.9. The Morgan fingerprint density at radius 3 is 2.71 bits per heavy atom. The molecule has 0 unspecified atom stereocenters. The zero-order chi connectivity index (χ0) is 14.9. The minimum Gasteiger partial charge on any atom is -0.441 e. The molecule has 2 heterocycles. The van der Waals surface area contributed by atoms with Gasteiger partial charge in [-0.05, 0) is 31.4 Å². The van der Waals surface area contributed by atoms with Gasteiger partial charge in [-0.1, -0.05) is 18.2 Å². The Morgan fingerprint density at radius 1 is 1.29 bits per heavy atom. The third-order valence-electron chi connectivity index (χ3n) is 4.49. The molecule has 2 aliphatic heterocycles. The summed E-state index contributed by atoms with van der Waals surface area (Å²) in [7, 11) is 0. The van der Waals surface area contributed by atoms with Crippen LogP contribution in [0.2, 0.25) is 0 Å². The van der Waals surface area contributed by atoms with Crippen LogP contribution in [0.4, 0.5) is 10.5 Å². The van der Waals surface area contributed by atoms with Gasteiger partial charge in [0.25, 0.3) is 0 Å². The number of Topliss-reactive ketones (excluding diaryl/α,β-unsaturated/α-hetero) is 1. The average Bonchev–Trinajstić information content (AvgIpc) is 2.85. The SMILES string of the molecule is CC(=O)COC(=O)N1CCC2(CC1)CNc1ccccc12. The fraction of sp³-hybridized carbons (Fsp3) is 0.500. The fourth-order valence-corrected chi connectivity index (χ4v) is 3.28. The van der Waals surface area contributed by atoms with Gasteiger partial charge in [-0.15, -0.1) is 0 Å². The van der Waals surface area contributed by atoms with Crippen molar-refractivity contribution in [3.8, 4) is 0 Å². The number of hydrogen-bond acceptors (Lipinski definition) is 4. The van der Waals surface area contributed by atoms with Crippen molar-refractivity contribution in [2.24, 2.45) is 0 Å². The van der Waals surface area contributed by atoms with Crippen LogP contribution in [-0.2, 0) is 14.9 Å². The van der Waals surface area contributed by atoms with E-state index in [0.29, 0.717) is 13.1 Å². The first-order valence-corrected chi connectivity index (χ1v) is 7.35. The van der Waals surface area contributed by atoms with Crippen molar-refractivity contribution >= 4 is 17.6 Å². The number of hydrogen-bond donors (Lipinski definition) is 1. The number of nitrogens with one attached hydrogen (secondary N) is 1. The van der Waals surface area contributed by atoms with E-state index in [1.807, 2.05) is 6.07 Å². The minimum absolute atomic E-state index is 0.133. The number of nitrogens with zero attached hydrogens (tertiary/aromatic N) is 1. The lowest BCUT2D eigenvalue weighted by Gasteiger charge is -2.38. The molecule has 1 amide bonds. The first-order chi connectivity index (χ1) is 10.1. The van der Waals surface area contributed by atoms with E-state index in [9.17, 15) is 9.59 Å². The van der Waals surface area contributed by atoms with E-state index in [-0.39, 0.29) is 23.9 Å². The second-order valence-corrected chi connectivity index (χ2v) is 5.92. The number of ether oxygens (including phenoxy) is 1. The van der Waals surface area contributed by atoms with Gasteiger partial charge < -0.3 is 15.0 Å². The van der Waals surface area contributed by atoms with E-state index in [0.717, 1.165) is 19.4 Å². The molecule has 112 valence electrons. The van der Waals surface area contributed by atoms with Crippen molar-refractivity contribution in [1.29, 1.82) is 0 Å². The molecule has 2 aliphatic rings. The van der Waals surface area contributed by atoms with Crippen LogP contribution >= 0.6 is 0 Å². The highest BCUT2D eigenvalue weighted by molar-refractivity contribution is 5.79. The summed E-state index contributed by atoms with van der Waals surface area (Å²) in [5.41, 5.74) is 2.71. The molecule has 0 atom stereocenters. The maximum absolute atomic E-state index is 11.9. The van der Waals surface area contributed by atoms with Crippen LogP contribution in [0.1, 0.15) is 25.3 Å². The van der Waals surface area contributed by atoms with E-state index in [2.05, 4.69) is 23.5 Å². The van der Waals surface area contributed by atoms with Crippen LogP contribution in [0.25, 0.3) is 0 Å². The number of fused-ring (bicyclic) bond motifs is 2. The molecule has 0 aliphatic carbocycles. The number of amides is 1. The average molecular weight is 288 g/mol. The lowest BCUT2D eigenvalue weighted by atomic mass is 9.74. The van der Waals surface area contributed by atoms with Gasteiger partial charge in [0, 0.05) is 30.7 Å². The molecule has 1 fully saturated rings. The maximum Gasteiger partial charge on any atom is 0.410 e. The van der Waals surface area contributed by atoms with Crippen molar-refractivity contribution in [2.75, 3.05) is 31.6 Å². The number of ketones is 1. The number of carbonyl (C=O) groups excluding carboxylic acids is 2. The molecule has 0 radical (unpaired) electrons. The second-order valence-electron chi connectivity index (χ2n) is 5.92. The van der Waals surface area contributed by atoms with Crippen molar-refractivity contribution in [1.82, 2.24) is 4.90 Å². The Bertz CT molecular complexity index is 562. The van der Waals surface area contributed by atoms with Crippen molar-refractivity contribution in [3.63, 3.8) is 0 Å². The Labute approximate surface area is 124 Å². The van der Waals surface area contributed by atoms with Gasteiger partial charge in [0.1, 0.15) is 0 Å². The number of rotatable bonds is 2. The van der Waals surface area contributed by atoms with Gasteiger partial charge in [-0.25, -0.2) is 4.79 Å². The van der Waals surface area contributed by atoms with Gasteiger partial charge in [-0.3, -0.25) is 4.79 Å². The van der Waals surface area contributed by atoms with Gasteiger partial charge in [-0.2, -0.15) is 0 Å². The Hall–Kier alpha value is -2.04. The Kier molecular flexibility index (Phi) is 3.57. The summed E-state index contributed by atoms with van der Waals surface area (Å²) in [6.45, 7) is 3.56. The summed E-state index contributed by atoms with van der Waals surface area (Å²) in [6.07, 6.45) is 1.47. The van der Waals surface area contributed by atoms with Crippen LogP contribution in [0, 0.1) is 0 Å². The van der Waals surface area contributed by atoms with E-state index in [4.69, 9.17) is 4.74 Å². The molecule has 5 nitrogen and oxygen atoms in total. The number of likely N-dealkylation sites (tertiary alicyclic amines) is 1. The lowest BCUT2D eigenvalue weighted by molar-refractivity contribution is -0.120. The Morgan fingerprint density at radius 2 is 2.00 bits per heavy atom. The van der Waals surface area contributed by atoms with Gasteiger partial charge in [0.2, 0.25) is 0 Å². The summed E-state index contributed by atoms with van der Waals surface area (Å²) < 4.78 is 4.99. The van der Waals surface area contributed by atoms with Crippen molar-refractivity contribution < 1.29 is 14.3 Å². The molecule has 5 heteroatoms. The monoisotopic (exact) mass is 288 g/mol. The van der Waals surface area contributed by atoms with Crippen LogP contribution < -0.4 is 5.32 Å². The molecule has 1 saturated heterocycles. The van der Waals surface area contributed by atoms with Gasteiger partial charge in [0.05, 0.1) is 0 Å². The predicted octanol–water partition coefficient (Wildman–Crippen LogP) is 2.17. The van der Waals surface area contributed by atoms with Crippen LogP contribution in [-0.4, -0.2) is 43.0 Å². The number of piperidine rings is 1. The van der Waals surface area contributed by atoms with E-state index >= 15 is 0 Å². The molecule has 0 aromatic heterocycles. The molecule has 21 heavy (non-hydrogen) atoms. The smallest absolute Gasteiger partial charge is 0.410 e. The zero-order valence-corrected chi connectivity index (χ0v) is 12.2. The minimum atomic E-state index is -0.376. The third-order valence-corrected chi connectivity index (χ3v) is 4.49. The zero-order valence-electron chi connectivity index (χ0n) is 12.2. The third kappa shape index (κ3) is 2.60. The van der Waals surface area contributed by atoms with Crippen molar-refractivity contribution in [3.05, 3.63) is 29.8 Å². The summed E-state index contributed by atoms with van der Waals surface area (Å²) in [5.74, 6) is -0.134. The summed E-state index contributed by atoms with van der Waals surface area (Å²) in [5, 5.41) is 3.47. The standard InChI is InChI=1S/C16H20N2O3/c1-12(19)10-21-15(20)18-8-6-16(7-9-18)11-17-14-5-3-2-4-13(14)16/h2-5,17H,6-11H2,1H3. The summed E-state index contributed by atoms with van der Waals surface area (Å²) in [6, 6.07) is 8.40. The molecule has 1 aromatic rings. The highest BCUT2D eigenvalue weighted by Crippen LogP contribution is 2.43. The second kappa shape index (κ2) is 5.39. The first-order valence-electron chi connectivity index (χ1n) is 7.35. The molecule has 0 saturated carbocycles. The molecular formula is C16H20N2O3. The normalized spacial score (nSPS) is 19.0. The lowest BCUT2D eigenvalue weighted by Crippen LogP contribution is -2.46. The van der Waals surface area contributed by atoms with Crippen LogP contribution in [0.15, 0.2) is 24.3 Å². The molecule has 0 bridgehead atoms. The van der Waals surface area contributed by atoms with Gasteiger partial charge in [0.15, 0.2) is 12.4 Å². The Balaban J connectivity index is 1.64. The molecule has 1 aromatic carbocycles. The highest BCUT2D eigenvalue weighted by atomic mass is 16.6. The van der Waals surface area contributed by atoms with E-state index in [1.165, 1.54) is 18.2 Å². The number of anilines is 1. The number of para-hydroxylation sites is 1. The highest BCUT2D eigenvalue weighted by Gasteiger charge is 2.42. The van der Waals surface area contributed by atoms with E-state index in [1.54, 1.807) is 4.90 Å². The summed E-state index contributed by atoms with van der Waals surface area (Å²) in [4.78, 5) is 24.5. The molecule has 3 rings (SSSR count). The predicted molar refractivity (Wildman–Crippen MR) is 79.4 cm³/mol. The summed E-state index contributed by atoms with van der Waals surface area (Å²) >= 11 is 0. The largest absolute Gasteiger partial charge is 0.441 e. The first kappa shape index (κ1) is 13.9. The fourth-order valence-electron chi connectivity index (χ4n) is 3.28. The van der Waals surface area contributed by atoms with Crippen LogP contribution in [0.3, 0.4) is 0 Å². The number of benzene rings is 1. The van der Waals surface area contributed by atoms with Crippen molar-refractivity contribution in [2.45, 2.75) is 25.2 Å². The molecular weight excluding hydrogens is 268 g/mol. The molecule has 1 spiro atoms. The van der Waals surface area contributed by atoms with Gasteiger partial charge >= 0.3 is 6.09 Å². The van der Waals surface area contributed by atoms with E-state index < -0.39 is 0 Å². The topological polar surface area (TPSA) is 58.6 Å².